The molecule has 6 nitrogen and oxygen atoms in total. The molecule has 0 saturated heterocycles. The van der Waals surface area contributed by atoms with Crippen LogP contribution >= 0.6 is 0 Å². The van der Waals surface area contributed by atoms with Gasteiger partial charge in [0.25, 0.3) is 0 Å². The lowest BCUT2D eigenvalue weighted by molar-refractivity contribution is -0.111. The number of sulfone groups is 1. The maximum atomic E-state index is 12.0. The van der Waals surface area contributed by atoms with Crippen LogP contribution in [0.25, 0.3) is 0 Å². The Morgan fingerprint density at radius 3 is 2.48 bits per heavy atom. The lowest BCUT2D eigenvalue weighted by Crippen LogP contribution is -2.10. The number of amides is 1. The van der Waals surface area contributed by atoms with Crippen LogP contribution in [0.15, 0.2) is 46.7 Å². The average Bonchev–Trinajstić information content (AvgIpc) is 2.78. The smallest absolute Gasteiger partial charge is 0.249 e. The number of nitrogens with zero attached hydrogens (tertiary/aromatic N) is 1. The van der Waals surface area contributed by atoms with Crippen molar-refractivity contribution in [1.29, 1.82) is 0 Å². The summed E-state index contributed by atoms with van der Waals surface area (Å²) < 4.78 is 24.0. The molecule has 1 aromatic heterocycles. The summed E-state index contributed by atoms with van der Waals surface area (Å²) >= 11 is 0. The van der Waals surface area contributed by atoms with Crippen molar-refractivity contribution in [1.82, 2.24) is 10.2 Å². The molecular weight excluding hydrogens is 290 g/mol. The van der Waals surface area contributed by atoms with E-state index >= 15 is 0 Å². The standard InChI is InChI=1S/C14H15N3O3S/c1-10-14(11(2)17-16-10)15-13(18)8-9-21(19,20)12-6-4-3-5-7-12/h3-9H,1-2H3,(H,15,18)(H,16,17)/b9-8+. The number of aryl methyl sites for hydroxylation is 2. The molecule has 2 N–H and O–H groups in total. The molecule has 7 heteroatoms. The van der Waals surface area contributed by atoms with E-state index in [2.05, 4.69) is 15.5 Å². The van der Waals surface area contributed by atoms with Gasteiger partial charge in [0.15, 0.2) is 9.84 Å². The van der Waals surface area contributed by atoms with Gasteiger partial charge in [-0.05, 0) is 26.0 Å². The minimum atomic E-state index is -3.62. The molecular formula is C14H15N3O3S. The third kappa shape index (κ3) is 3.57. The highest BCUT2D eigenvalue weighted by Crippen LogP contribution is 2.16. The SMILES string of the molecule is Cc1n[nH]c(C)c1NC(=O)/C=C/S(=O)(=O)c1ccccc1. The Morgan fingerprint density at radius 2 is 1.90 bits per heavy atom. The predicted molar refractivity (Wildman–Crippen MR) is 79.5 cm³/mol. The molecule has 2 aromatic rings. The Bertz CT molecular complexity index is 758. The molecule has 0 radical (unpaired) electrons. The van der Waals surface area contributed by atoms with Crippen molar-refractivity contribution in [2.45, 2.75) is 18.7 Å². The zero-order valence-electron chi connectivity index (χ0n) is 11.6. The quantitative estimate of drug-likeness (QED) is 0.845. The van der Waals surface area contributed by atoms with Gasteiger partial charge in [0.1, 0.15) is 0 Å². The number of hydrogen-bond acceptors (Lipinski definition) is 4. The number of carbonyl (C=O) groups excluding carboxylic acids is 1. The summed E-state index contributed by atoms with van der Waals surface area (Å²) in [6, 6.07) is 7.92. The molecule has 21 heavy (non-hydrogen) atoms. The van der Waals surface area contributed by atoms with Crippen molar-refractivity contribution >= 4 is 21.4 Å². The molecule has 0 saturated carbocycles. The Labute approximate surface area is 122 Å². The van der Waals surface area contributed by atoms with Crippen LogP contribution in [0.2, 0.25) is 0 Å². The van der Waals surface area contributed by atoms with E-state index in [0.717, 1.165) is 11.5 Å². The summed E-state index contributed by atoms with van der Waals surface area (Å²) in [4.78, 5) is 11.9. The molecule has 110 valence electrons. The van der Waals surface area contributed by atoms with Crippen LogP contribution in [0.3, 0.4) is 0 Å². The third-order valence-corrected chi connectivity index (χ3v) is 4.27. The maximum absolute atomic E-state index is 12.0. The van der Waals surface area contributed by atoms with Gasteiger partial charge in [0.2, 0.25) is 5.91 Å². The first-order chi connectivity index (χ1) is 9.90. The molecule has 1 amide bonds. The first-order valence-corrected chi connectivity index (χ1v) is 7.75. The van der Waals surface area contributed by atoms with Crippen LogP contribution in [0.5, 0.6) is 0 Å². The number of benzene rings is 1. The summed E-state index contributed by atoms with van der Waals surface area (Å²) in [6.45, 7) is 3.50. The summed E-state index contributed by atoms with van der Waals surface area (Å²) in [5.41, 5.74) is 1.90. The van der Waals surface area contributed by atoms with Crippen molar-refractivity contribution in [3.63, 3.8) is 0 Å². The Kier molecular flexibility index (Phi) is 4.23. The van der Waals surface area contributed by atoms with E-state index in [0.29, 0.717) is 17.1 Å². The molecule has 0 bridgehead atoms. The van der Waals surface area contributed by atoms with Gasteiger partial charge in [-0.3, -0.25) is 9.89 Å². The fourth-order valence-electron chi connectivity index (χ4n) is 1.74. The van der Waals surface area contributed by atoms with E-state index in [1.807, 2.05) is 0 Å². The minimum Gasteiger partial charge on any atom is -0.319 e. The predicted octanol–water partition coefficient (Wildman–Crippen LogP) is 1.95. The van der Waals surface area contributed by atoms with E-state index in [4.69, 9.17) is 0 Å². The fourth-order valence-corrected chi connectivity index (χ4v) is 2.74. The molecule has 0 fully saturated rings. The fraction of sp³-hybridized carbons (Fsp3) is 0.143. The highest BCUT2D eigenvalue weighted by atomic mass is 32.2. The van der Waals surface area contributed by atoms with E-state index in [-0.39, 0.29) is 4.90 Å². The average molecular weight is 305 g/mol. The number of hydrogen-bond donors (Lipinski definition) is 2. The first-order valence-electron chi connectivity index (χ1n) is 6.21. The summed E-state index contributed by atoms with van der Waals surface area (Å²) in [7, 11) is -3.62. The van der Waals surface area contributed by atoms with Crippen molar-refractivity contribution in [3.05, 3.63) is 53.2 Å². The Balaban J connectivity index is 2.13. The Hall–Kier alpha value is -2.41. The van der Waals surface area contributed by atoms with Gasteiger partial charge in [-0.25, -0.2) is 8.42 Å². The highest BCUT2D eigenvalue weighted by molar-refractivity contribution is 7.94. The molecule has 1 heterocycles. The third-order valence-electron chi connectivity index (χ3n) is 2.85. The van der Waals surface area contributed by atoms with E-state index in [1.54, 1.807) is 32.0 Å². The van der Waals surface area contributed by atoms with Crippen molar-refractivity contribution in [3.8, 4) is 0 Å². The topological polar surface area (TPSA) is 91.9 Å². The van der Waals surface area contributed by atoms with Gasteiger partial charge in [-0.1, -0.05) is 18.2 Å². The molecule has 0 atom stereocenters. The number of nitrogens with one attached hydrogen (secondary N) is 2. The molecule has 0 aliphatic carbocycles. The number of H-pyrrole nitrogens is 1. The van der Waals surface area contributed by atoms with Crippen molar-refractivity contribution in [2.75, 3.05) is 5.32 Å². The monoisotopic (exact) mass is 305 g/mol. The van der Waals surface area contributed by atoms with Gasteiger partial charge in [0.05, 0.1) is 22.0 Å². The lowest BCUT2D eigenvalue weighted by atomic mass is 10.3. The van der Waals surface area contributed by atoms with Crippen molar-refractivity contribution < 1.29 is 13.2 Å². The Morgan fingerprint density at radius 1 is 1.24 bits per heavy atom. The highest BCUT2D eigenvalue weighted by Gasteiger charge is 2.12. The van der Waals surface area contributed by atoms with Gasteiger partial charge < -0.3 is 5.32 Å². The van der Waals surface area contributed by atoms with Gasteiger partial charge in [-0.2, -0.15) is 5.10 Å². The zero-order valence-corrected chi connectivity index (χ0v) is 12.4. The van der Waals surface area contributed by atoms with E-state index in [1.165, 1.54) is 12.1 Å². The summed E-state index contributed by atoms with van der Waals surface area (Å²) in [5.74, 6) is -0.526. The zero-order chi connectivity index (χ0) is 15.5. The van der Waals surface area contributed by atoms with Crippen molar-refractivity contribution in [2.24, 2.45) is 0 Å². The summed E-state index contributed by atoms with van der Waals surface area (Å²) in [5, 5.41) is 10.2. The maximum Gasteiger partial charge on any atom is 0.249 e. The lowest BCUT2D eigenvalue weighted by Gasteiger charge is -2.02. The second kappa shape index (κ2) is 5.92. The van der Waals surface area contributed by atoms with Gasteiger partial charge >= 0.3 is 0 Å². The largest absolute Gasteiger partial charge is 0.319 e. The van der Waals surface area contributed by atoms with Crippen LogP contribution in [-0.2, 0) is 14.6 Å². The van der Waals surface area contributed by atoms with Crippen LogP contribution in [0.4, 0.5) is 5.69 Å². The summed E-state index contributed by atoms with van der Waals surface area (Å²) in [6.07, 6.45) is 0.994. The molecule has 0 spiro atoms. The second-order valence-corrected chi connectivity index (χ2v) is 6.29. The molecule has 0 aliphatic heterocycles. The second-order valence-electron chi connectivity index (χ2n) is 4.46. The molecule has 0 unspecified atom stereocenters. The number of carbonyl (C=O) groups is 1. The molecule has 2 rings (SSSR count). The normalized spacial score (nSPS) is 11.7. The minimum absolute atomic E-state index is 0.143. The number of rotatable bonds is 4. The molecule has 0 aliphatic rings. The van der Waals surface area contributed by atoms with E-state index < -0.39 is 15.7 Å². The number of anilines is 1. The van der Waals surface area contributed by atoms with Crippen LogP contribution < -0.4 is 5.32 Å². The number of aromatic amines is 1. The van der Waals surface area contributed by atoms with Crippen LogP contribution in [0.1, 0.15) is 11.4 Å². The molecule has 1 aromatic carbocycles. The van der Waals surface area contributed by atoms with Gasteiger partial charge in [0, 0.05) is 11.5 Å². The van der Waals surface area contributed by atoms with Gasteiger partial charge in [-0.15, -0.1) is 0 Å². The van der Waals surface area contributed by atoms with E-state index in [9.17, 15) is 13.2 Å². The first kappa shape index (κ1) is 15.0. The van der Waals surface area contributed by atoms with Crippen LogP contribution in [0, 0.1) is 13.8 Å². The number of aromatic nitrogens is 2. The van der Waals surface area contributed by atoms with Crippen LogP contribution in [-0.4, -0.2) is 24.5 Å².